The molecule has 24 heavy (non-hydrogen) atoms. The molecule has 3 aromatic rings. The standard InChI is InChI=1S/C17H17N3O4/c21-16-18-13-7-4-8-14(15(13)19-16)24-10-9-20(17(22)23)11-12-5-2-1-3-6-12/h1-8H,9-11H2,(H,22,23)(H2,18,19,21). The number of para-hydroxylation sites is 1. The first-order valence-electron chi connectivity index (χ1n) is 7.49. The molecule has 0 unspecified atom stereocenters. The van der Waals surface area contributed by atoms with Gasteiger partial charge < -0.3 is 24.7 Å². The number of aromatic nitrogens is 2. The number of nitrogens with zero attached hydrogens (tertiary/aromatic N) is 1. The van der Waals surface area contributed by atoms with Gasteiger partial charge in [0, 0.05) is 6.54 Å². The fraction of sp³-hybridized carbons (Fsp3) is 0.176. The quantitative estimate of drug-likeness (QED) is 0.647. The maximum atomic E-state index is 11.4. The van der Waals surface area contributed by atoms with Crippen LogP contribution in [0.4, 0.5) is 4.79 Å². The highest BCUT2D eigenvalue weighted by atomic mass is 16.5. The highest BCUT2D eigenvalue weighted by Gasteiger charge is 2.13. The molecule has 1 heterocycles. The van der Waals surface area contributed by atoms with Gasteiger partial charge in [-0.25, -0.2) is 9.59 Å². The Morgan fingerprint density at radius 3 is 2.62 bits per heavy atom. The van der Waals surface area contributed by atoms with Crippen LogP contribution in [-0.2, 0) is 6.54 Å². The number of amides is 1. The summed E-state index contributed by atoms with van der Waals surface area (Å²) < 4.78 is 5.66. The lowest BCUT2D eigenvalue weighted by molar-refractivity contribution is 0.132. The third-order valence-corrected chi connectivity index (χ3v) is 3.62. The minimum absolute atomic E-state index is 0.186. The Morgan fingerprint density at radius 2 is 1.88 bits per heavy atom. The zero-order valence-electron chi connectivity index (χ0n) is 12.9. The molecule has 7 heteroatoms. The fourth-order valence-electron chi connectivity index (χ4n) is 2.46. The predicted molar refractivity (Wildman–Crippen MR) is 89.3 cm³/mol. The number of hydrogen-bond donors (Lipinski definition) is 3. The summed E-state index contributed by atoms with van der Waals surface area (Å²) in [6, 6.07) is 14.6. The molecule has 2 aromatic carbocycles. The lowest BCUT2D eigenvalue weighted by Gasteiger charge is -2.19. The summed E-state index contributed by atoms with van der Waals surface area (Å²) in [4.78, 5) is 29.3. The van der Waals surface area contributed by atoms with Gasteiger partial charge in [-0.1, -0.05) is 36.4 Å². The van der Waals surface area contributed by atoms with E-state index in [0.717, 1.165) is 5.56 Å². The lowest BCUT2D eigenvalue weighted by Crippen LogP contribution is -2.32. The van der Waals surface area contributed by atoms with Gasteiger partial charge in [-0.3, -0.25) is 0 Å². The normalized spacial score (nSPS) is 10.7. The number of carbonyl (C=O) groups is 1. The number of H-pyrrole nitrogens is 2. The van der Waals surface area contributed by atoms with E-state index in [0.29, 0.717) is 23.3 Å². The number of rotatable bonds is 6. The molecule has 0 spiro atoms. The Balaban J connectivity index is 1.64. The number of benzene rings is 2. The van der Waals surface area contributed by atoms with Crippen LogP contribution in [0, 0.1) is 0 Å². The van der Waals surface area contributed by atoms with E-state index >= 15 is 0 Å². The number of imidazole rings is 1. The Hall–Kier alpha value is -3.22. The molecule has 0 aliphatic carbocycles. The summed E-state index contributed by atoms with van der Waals surface area (Å²) in [5.41, 5.74) is 1.83. The van der Waals surface area contributed by atoms with Crippen LogP contribution in [0.15, 0.2) is 53.3 Å². The first kappa shape index (κ1) is 15.7. The van der Waals surface area contributed by atoms with Crippen LogP contribution in [0.25, 0.3) is 11.0 Å². The van der Waals surface area contributed by atoms with Crippen LogP contribution in [0.1, 0.15) is 5.56 Å². The van der Waals surface area contributed by atoms with Crippen molar-refractivity contribution in [2.75, 3.05) is 13.2 Å². The topological polar surface area (TPSA) is 98.4 Å². The summed E-state index contributed by atoms with van der Waals surface area (Å²) in [6.45, 7) is 0.700. The van der Waals surface area contributed by atoms with E-state index < -0.39 is 6.09 Å². The molecule has 0 aliphatic rings. The van der Waals surface area contributed by atoms with Crippen molar-refractivity contribution in [2.24, 2.45) is 0 Å². The number of aromatic amines is 2. The van der Waals surface area contributed by atoms with Gasteiger partial charge in [0.05, 0.1) is 12.1 Å². The molecule has 1 amide bonds. The van der Waals surface area contributed by atoms with Gasteiger partial charge in [0.1, 0.15) is 17.9 Å². The van der Waals surface area contributed by atoms with Crippen molar-refractivity contribution in [3.05, 3.63) is 64.6 Å². The maximum absolute atomic E-state index is 11.4. The van der Waals surface area contributed by atoms with Crippen molar-refractivity contribution in [2.45, 2.75) is 6.54 Å². The lowest BCUT2D eigenvalue weighted by atomic mass is 10.2. The number of fused-ring (bicyclic) bond motifs is 1. The minimum Gasteiger partial charge on any atom is -0.489 e. The molecular weight excluding hydrogens is 310 g/mol. The number of carboxylic acid groups (broad SMARTS) is 1. The first-order chi connectivity index (χ1) is 11.6. The molecule has 0 aliphatic heterocycles. The van der Waals surface area contributed by atoms with E-state index in [4.69, 9.17) is 4.74 Å². The highest BCUT2D eigenvalue weighted by Crippen LogP contribution is 2.20. The second-order valence-corrected chi connectivity index (χ2v) is 5.30. The smallest absolute Gasteiger partial charge is 0.407 e. The number of hydrogen-bond acceptors (Lipinski definition) is 3. The summed E-state index contributed by atoms with van der Waals surface area (Å²) in [6.07, 6.45) is -1.00. The maximum Gasteiger partial charge on any atom is 0.407 e. The fourth-order valence-corrected chi connectivity index (χ4v) is 2.46. The molecule has 3 N–H and O–H groups in total. The van der Waals surface area contributed by atoms with E-state index in [9.17, 15) is 14.7 Å². The predicted octanol–water partition coefficient (Wildman–Crippen LogP) is 2.42. The monoisotopic (exact) mass is 327 g/mol. The third kappa shape index (κ3) is 3.57. The molecule has 0 bridgehead atoms. The van der Waals surface area contributed by atoms with Gasteiger partial charge in [0.25, 0.3) is 0 Å². The zero-order valence-corrected chi connectivity index (χ0v) is 12.9. The average molecular weight is 327 g/mol. The van der Waals surface area contributed by atoms with E-state index in [1.165, 1.54) is 4.90 Å². The molecule has 0 radical (unpaired) electrons. The SMILES string of the molecule is O=C(O)N(CCOc1cccc2[nH]c(=O)[nH]c12)Cc1ccccc1. The highest BCUT2D eigenvalue weighted by molar-refractivity contribution is 5.81. The summed E-state index contributed by atoms with van der Waals surface area (Å²) in [5, 5.41) is 9.32. The summed E-state index contributed by atoms with van der Waals surface area (Å²) in [7, 11) is 0. The largest absolute Gasteiger partial charge is 0.489 e. The van der Waals surface area contributed by atoms with E-state index in [2.05, 4.69) is 9.97 Å². The molecule has 0 fully saturated rings. The molecule has 1 aromatic heterocycles. The van der Waals surface area contributed by atoms with Crippen molar-refractivity contribution in [3.8, 4) is 5.75 Å². The van der Waals surface area contributed by atoms with Gasteiger partial charge in [-0.2, -0.15) is 0 Å². The van der Waals surface area contributed by atoms with Gasteiger partial charge in [0.2, 0.25) is 0 Å². The average Bonchev–Trinajstić information content (AvgIpc) is 2.96. The summed E-state index contributed by atoms with van der Waals surface area (Å²) in [5.74, 6) is 0.510. The first-order valence-corrected chi connectivity index (χ1v) is 7.49. The minimum atomic E-state index is -1.00. The van der Waals surface area contributed by atoms with Gasteiger partial charge in [0.15, 0.2) is 0 Å². The van der Waals surface area contributed by atoms with Gasteiger partial charge in [-0.05, 0) is 17.7 Å². The van der Waals surface area contributed by atoms with Crippen molar-refractivity contribution in [1.82, 2.24) is 14.9 Å². The molecule has 0 atom stereocenters. The van der Waals surface area contributed by atoms with Crippen LogP contribution >= 0.6 is 0 Å². The van der Waals surface area contributed by atoms with Gasteiger partial charge >= 0.3 is 11.8 Å². The van der Waals surface area contributed by atoms with E-state index in [-0.39, 0.29) is 18.8 Å². The van der Waals surface area contributed by atoms with Crippen molar-refractivity contribution >= 4 is 17.1 Å². The number of nitrogens with one attached hydrogen (secondary N) is 2. The molecule has 3 rings (SSSR count). The van der Waals surface area contributed by atoms with Crippen LogP contribution in [-0.4, -0.2) is 39.2 Å². The Kier molecular flexibility index (Phi) is 4.51. The van der Waals surface area contributed by atoms with Crippen LogP contribution in [0.5, 0.6) is 5.75 Å². The van der Waals surface area contributed by atoms with E-state index in [1.54, 1.807) is 18.2 Å². The number of ether oxygens (including phenoxy) is 1. The molecule has 124 valence electrons. The van der Waals surface area contributed by atoms with E-state index in [1.807, 2.05) is 30.3 Å². The second-order valence-electron chi connectivity index (χ2n) is 5.30. The molecule has 0 saturated carbocycles. The van der Waals surface area contributed by atoms with Crippen LogP contribution < -0.4 is 10.4 Å². The van der Waals surface area contributed by atoms with Gasteiger partial charge in [-0.15, -0.1) is 0 Å². The second kappa shape index (κ2) is 6.91. The molecule has 0 saturated heterocycles. The zero-order chi connectivity index (χ0) is 16.9. The van der Waals surface area contributed by atoms with Crippen LogP contribution in [0.2, 0.25) is 0 Å². The summed E-state index contributed by atoms with van der Waals surface area (Å²) >= 11 is 0. The third-order valence-electron chi connectivity index (χ3n) is 3.62. The molecule has 7 nitrogen and oxygen atoms in total. The van der Waals surface area contributed by atoms with Crippen molar-refractivity contribution < 1.29 is 14.6 Å². The Morgan fingerprint density at radius 1 is 1.08 bits per heavy atom. The van der Waals surface area contributed by atoms with Crippen molar-refractivity contribution in [3.63, 3.8) is 0 Å². The Bertz CT molecular complexity index is 885. The molecular formula is C17H17N3O4. The van der Waals surface area contributed by atoms with Crippen LogP contribution in [0.3, 0.4) is 0 Å². The van der Waals surface area contributed by atoms with Crippen molar-refractivity contribution in [1.29, 1.82) is 0 Å². The Labute approximate surface area is 137 Å².